The van der Waals surface area contributed by atoms with E-state index in [1.807, 2.05) is 6.92 Å². The molecule has 0 aromatic carbocycles. The molecule has 0 bridgehead atoms. The molecule has 1 aromatic rings. The van der Waals surface area contributed by atoms with Crippen molar-refractivity contribution < 1.29 is 4.79 Å². The Kier molecular flexibility index (Phi) is 3.41. The number of amides is 1. The van der Waals surface area contributed by atoms with Crippen molar-refractivity contribution in [1.29, 1.82) is 0 Å². The van der Waals surface area contributed by atoms with Gasteiger partial charge in [0.05, 0.1) is 0 Å². The molecule has 1 unspecified atom stereocenters. The number of nitrogens with one attached hydrogen (secondary N) is 3. The standard InChI is InChI=1S/C11H17N5O/c1-7(11(17)16-8-3-4-8)15-10-5-9(12-2)13-6-14-10/h5-8H,3-4H2,1-2H3,(H,16,17)(H2,12,13,14,15). The van der Waals surface area contributed by atoms with Gasteiger partial charge in [-0.25, -0.2) is 9.97 Å². The van der Waals surface area contributed by atoms with E-state index in [0.29, 0.717) is 11.9 Å². The minimum Gasteiger partial charge on any atom is -0.373 e. The third kappa shape index (κ3) is 3.30. The van der Waals surface area contributed by atoms with E-state index in [9.17, 15) is 4.79 Å². The SMILES string of the molecule is CNc1cc(NC(C)C(=O)NC2CC2)ncn1. The Bertz CT molecular complexity index is 405. The smallest absolute Gasteiger partial charge is 0.242 e. The minimum absolute atomic E-state index is 0.0112. The van der Waals surface area contributed by atoms with Gasteiger partial charge in [0.15, 0.2) is 0 Å². The summed E-state index contributed by atoms with van der Waals surface area (Å²) in [5, 5.41) is 8.91. The first kappa shape index (κ1) is 11.6. The number of nitrogens with zero attached hydrogens (tertiary/aromatic N) is 2. The van der Waals surface area contributed by atoms with Crippen molar-refractivity contribution in [2.45, 2.75) is 31.8 Å². The molecule has 1 atom stereocenters. The summed E-state index contributed by atoms with van der Waals surface area (Å²) in [5.41, 5.74) is 0. The number of carbonyl (C=O) groups is 1. The quantitative estimate of drug-likeness (QED) is 0.696. The highest BCUT2D eigenvalue weighted by Gasteiger charge is 2.25. The molecule has 0 saturated heterocycles. The number of anilines is 2. The second kappa shape index (κ2) is 4.99. The molecule has 1 fully saturated rings. The van der Waals surface area contributed by atoms with Crippen LogP contribution in [-0.4, -0.2) is 35.0 Å². The van der Waals surface area contributed by atoms with Crippen molar-refractivity contribution in [1.82, 2.24) is 15.3 Å². The van der Waals surface area contributed by atoms with E-state index in [4.69, 9.17) is 0 Å². The maximum Gasteiger partial charge on any atom is 0.242 e. The Morgan fingerprint density at radius 1 is 1.41 bits per heavy atom. The Morgan fingerprint density at radius 2 is 2.12 bits per heavy atom. The van der Waals surface area contributed by atoms with E-state index in [1.54, 1.807) is 13.1 Å². The van der Waals surface area contributed by atoms with Crippen LogP contribution in [0.1, 0.15) is 19.8 Å². The van der Waals surface area contributed by atoms with Crippen LogP contribution in [-0.2, 0) is 4.79 Å². The van der Waals surface area contributed by atoms with Gasteiger partial charge in [-0.05, 0) is 19.8 Å². The normalized spacial score (nSPS) is 16.1. The number of hydrogen-bond donors (Lipinski definition) is 3. The van der Waals surface area contributed by atoms with Crippen LogP contribution >= 0.6 is 0 Å². The van der Waals surface area contributed by atoms with E-state index >= 15 is 0 Å². The first-order valence-electron chi connectivity index (χ1n) is 5.75. The molecule has 1 aliphatic rings. The van der Waals surface area contributed by atoms with Crippen LogP contribution in [0.4, 0.5) is 11.6 Å². The maximum absolute atomic E-state index is 11.7. The zero-order chi connectivity index (χ0) is 12.3. The topological polar surface area (TPSA) is 78.9 Å². The van der Waals surface area contributed by atoms with Gasteiger partial charge >= 0.3 is 0 Å². The Hall–Kier alpha value is -1.85. The summed E-state index contributed by atoms with van der Waals surface area (Å²) in [4.78, 5) is 19.8. The number of carbonyl (C=O) groups excluding carboxylic acids is 1. The third-order valence-electron chi connectivity index (χ3n) is 2.60. The average molecular weight is 235 g/mol. The summed E-state index contributed by atoms with van der Waals surface area (Å²) in [6, 6.07) is 1.85. The highest BCUT2D eigenvalue weighted by Crippen LogP contribution is 2.19. The van der Waals surface area contributed by atoms with Crippen LogP contribution in [0.15, 0.2) is 12.4 Å². The average Bonchev–Trinajstić information content (AvgIpc) is 3.13. The fraction of sp³-hybridized carbons (Fsp3) is 0.545. The number of hydrogen-bond acceptors (Lipinski definition) is 5. The molecule has 0 radical (unpaired) electrons. The Morgan fingerprint density at radius 3 is 2.76 bits per heavy atom. The first-order chi connectivity index (χ1) is 8.19. The van der Waals surface area contributed by atoms with Crippen molar-refractivity contribution >= 4 is 17.5 Å². The summed E-state index contributed by atoms with van der Waals surface area (Å²) in [6.07, 6.45) is 3.64. The molecule has 1 aliphatic carbocycles. The molecular weight excluding hydrogens is 218 g/mol. The molecule has 1 amide bonds. The zero-order valence-corrected chi connectivity index (χ0v) is 10.0. The van der Waals surface area contributed by atoms with Crippen LogP contribution in [0.5, 0.6) is 0 Å². The van der Waals surface area contributed by atoms with Crippen LogP contribution in [0.25, 0.3) is 0 Å². The molecule has 0 spiro atoms. The van der Waals surface area contributed by atoms with Crippen molar-refractivity contribution in [3.05, 3.63) is 12.4 Å². The molecule has 6 heteroatoms. The van der Waals surface area contributed by atoms with Crippen LogP contribution in [0.3, 0.4) is 0 Å². The van der Waals surface area contributed by atoms with E-state index < -0.39 is 0 Å². The molecule has 92 valence electrons. The fourth-order valence-electron chi connectivity index (χ4n) is 1.41. The molecule has 17 heavy (non-hydrogen) atoms. The number of rotatable bonds is 5. The predicted molar refractivity (Wildman–Crippen MR) is 65.8 cm³/mol. The maximum atomic E-state index is 11.7. The highest BCUT2D eigenvalue weighted by atomic mass is 16.2. The number of aromatic nitrogens is 2. The van der Waals surface area contributed by atoms with E-state index in [0.717, 1.165) is 18.7 Å². The van der Waals surface area contributed by atoms with Crippen LogP contribution in [0.2, 0.25) is 0 Å². The predicted octanol–water partition coefficient (Wildman–Crippen LogP) is 0.597. The summed E-state index contributed by atoms with van der Waals surface area (Å²) in [6.45, 7) is 1.82. The lowest BCUT2D eigenvalue weighted by Gasteiger charge is -2.14. The lowest BCUT2D eigenvalue weighted by atomic mass is 10.3. The third-order valence-corrected chi connectivity index (χ3v) is 2.60. The van der Waals surface area contributed by atoms with Gasteiger partial charge in [0.1, 0.15) is 24.0 Å². The van der Waals surface area contributed by atoms with Gasteiger partial charge in [-0.3, -0.25) is 4.79 Å². The second-order valence-corrected chi connectivity index (χ2v) is 4.19. The van der Waals surface area contributed by atoms with Crippen LogP contribution in [0, 0.1) is 0 Å². The van der Waals surface area contributed by atoms with Gasteiger partial charge in [0, 0.05) is 19.2 Å². The molecular formula is C11H17N5O. The second-order valence-electron chi connectivity index (χ2n) is 4.19. The lowest BCUT2D eigenvalue weighted by molar-refractivity contribution is -0.121. The molecule has 2 rings (SSSR count). The summed E-state index contributed by atoms with van der Waals surface area (Å²) in [7, 11) is 1.79. The minimum atomic E-state index is -0.296. The van der Waals surface area contributed by atoms with Crippen molar-refractivity contribution in [2.75, 3.05) is 17.7 Å². The van der Waals surface area contributed by atoms with Gasteiger partial charge in [-0.15, -0.1) is 0 Å². The molecule has 6 nitrogen and oxygen atoms in total. The van der Waals surface area contributed by atoms with Crippen LogP contribution < -0.4 is 16.0 Å². The van der Waals surface area contributed by atoms with E-state index in [2.05, 4.69) is 25.9 Å². The van der Waals surface area contributed by atoms with E-state index in [1.165, 1.54) is 6.33 Å². The zero-order valence-electron chi connectivity index (χ0n) is 10.0. The fourth-order valence-corrected chi connectivity index (χ4v) is 1.41. The summed E-state index contributed by atoms with van der Waals surface area (Å²) in [5.74, 6) is 1.37. The molecule has 3 N–H and O–H groups in total. The van der Waals surface area contributed by atoms with Crippen molar-refractivity contribution in [2.24, 2.45) is 0 Å². The Balaban J connectivity index is 1.91. The van der Waals surface area contributed by atoms with Gasteiger partial charge in [-0.2, -0.15) is 0 Å². The largest absolute Gasteiger partial charge is 0.373 e. The van der Waals surface area contributed by atoms with Gasteiger partial charge in [0.2, 0.25) is 5.91 Å². The summed E-state index contributed by atoms with van der Waals surface area (Å²) < 4.78 is 0. The van der Waals surface area contributed by atoms with Crippen molar-refractivity contribution in [3.63, 3.8) is 0 Å². The van der Waals surface area contributed by atoms with Crippen molar-refractivity contribution in [3.8, 4) is 0 Å². The highest BCUT2D eigenvalue weighted by molar-refractivity contribution is 5.84. The first-order valence-corrected chi connectivity index (χ1v) is 5.75. The van der Waals surface area contributed by atoms with Gasteiger partial charge < -0.3 is 16.0 Å². The van der Waals surface area contributed by atoms with Gasteiger partial charge in [0.25, 0.3) is 0 Å². The van der Waals surface area contributed by atoms with E-state index in [-0.39, 0.29) is 11.9 Å². The Labute approximate surface area is 100 Å². The lowest BCUT2D eigenvalue weighted by Crippen LogP contribution is -2.38. The molecule has 1 saturated carbocycles. The molecule has 1 aromatic heterocycles. The monoisotopic (exact) mass is 235 g/mol. The molecule has 1 heterocycles. The van der Waals surface area contributed by atoms with Gasteiger partial charge in [-0.1, -0.05) is 0 Å². The molecule has 0 aliphatic heterocycles. The summed E-state index contributed by atoms with van der Waals surface area (Å²) >= 11 is 0.